The summed E-state index contributed by atoms with van der Waals surface area (Å²) in [6, 6.07) is 0. The second-order valence-electron chi connectivity index (χ2n) is 4.36. The average Bonchev–Trinajstić information content (AvgIpc) is 2.91. The quantitative estimate of drug-likeness (QED) is 0.629. The lowest BCUT2D eigenvalue weighted by Gasteiger charge is -2.12. The van der Waals surface area contributed by atoms with E-state index in [1.807, 2.05) is 11.5 Å². The van der Waals surface area contributed by atoms with Gasteiger partial charge in [-0.3, -0.25) is 0 Å². The van der Waals surface area contributed by atoms with Gasteiger partial charge in [0.15, 0.2) is 10.8 Å². The van der Waals surface area contributed by atoms with Crippen molar-refractivity contribution in [2.75, 3.05) is 6.61 Å². The van der Waals surface area contributed by atoms with Crippen LogP contribution in [-0.2, 0) is 11.3 Å². The lowest BCUT2D eigenvalue weighted by Crippen LogP contribution is -2.16. The summed E-state index contributed by atoms with van der Waals surface area (Å²) in [6.45, 7) is 3.47. The van der Waals surface area contributed by atoms with Gasteiger partial charge in [-0.25, -0.2) is 9.97 Å². The van der Waals surface area contributed by atoms with Crippen LogP contribution in [0.2, 0.25) is 10.4 Å². The Bertz CT molecular complexity index is 592. The van der Waals surface area contributed by atoms with Crippen LogP contribution in [-0.4, -0.2) is 32.2 Å². The van der Waals surface area contributed by atoms with Gasteiger partial charge < -0.3 is 9.30 Å². The molecule has 18 heavy (non-hydrogen) atoms. The van der Waals surface area contributed by atoms with Gasteiger partial charge in [0, 0.05) is 6.61 Å². The predicted molar refractivity (Wildman–Crippen MR) is 69.1 cm³/mol. The van der Waals surface area contributed by atoms with Crippen LogP contribution in [0, 0.1) is 6.92 Å². The SMILES string of the molecule is Cc1nc2c(Cl)nc(Cl)nc2n1C[C@@H]1CCCO1. The highest BCUT2D eigenvalue weighted by Gasteiger charge is 2.20. The van der Waals surface area contributed by atoms with Gasteiger partial charge in [0.1, 0.15) is 11.3 Å². The molecule has 1 atom stereocenters. The fraction of sp³-hybridized carbons (Fsp3) is 0.545. The molecule has 0 bridgehead atoms. The van der Waals surface area contributed by atoms with Gasteiger partial charge >= 0.3 is 0 Å². The van der Waals surface area contributed by atoms with Crippen LogP contribution in [0.1, 0.15) is 18.7 Å². The molecule has 0 aliphatic carbocycles. The Morgan fingerprint density at radius 1 is 1.33 bits per heavy atom. The monoisotopic (exact) mass is 286 g/mol. The Labute approximate surface area is 114 Å². The molecule has 2 aromatic rings. The van der Waals surface area contributed by atoms with Crippen molar-refractivity contribution in [2.24, 2.45) is 0 Å². The van der Waals surface area contributed by atoms with E-state index in [0.29, 0.717) is 16.3 Å². The van der Waals surface area contributed by atoms with Crippen molar-refractivity contribution in [1.29, 1.82) is 0 Å². The summed E-state index contributed by atoms with van der Waals surface area (Å²) in [5.74, 6) is 0.846. The summed E-state index contributed by atoms with van der Waals surface area (Å²) in [6.07, 6.45) is 2.38. The number of nitrogens with zero attached hydrogens (tertiary/aromatic N) is 4. The van der Waals surface area contributed by atoms with E-state index in [4.69, 9.17) is 27.9 Å². The fourth-order valence-corrected chi connectivity index (χ4v) is 2.68. The molecular formula is C11H12Cl2N4O. The molecule has 2 aromatic heterocycles. The third kappa shape index (κ3) is 2.06. The molecule has 1 aliphatic heterocycles. The van der Waals surface area contributed by atoms with Crippen LogP contribution in [0.3, 0.4) is 0 Å². The first-order valence-corrected chi connectivity index (χ1v) is 6.58. The van der Waals surface area contributed by atoms with E-state index >= 15 is 0 Å². The molecule has 0 saturated carbocycles. The minimum absolute atomic E-state index is 0.140. The summed E-state index contributed by atoms with van der Waals surface area (Å²) < 4.78 is 7.62. The molecule has 3 heterocycles. The second kappa shape index (κ2) is 4.64. The number of halogens is 2. The standard InChI is InChI=1S/C11H12Cl2N4O/c1-6-14-8-9(12)15-11(13)16-10(8)17(6)5-7-3-2-4-18-7/h7H,2-5H2,1H3/t7-/m0/s1. The maximum absolute atomic E-state index is 6.02. The molecule has 0 amide bonds. The Morgan fingerprint density at radius 3 is 2.89 bits per heavy atom. The van der Waals surface area contributed by atoms with Crippen LogP contribution in [0.25, 0.3) is 11.2 Å². The third-order valence-electron chi connectivity index (χ3n) is 3.13. The zero-order valence-corrected chi connectivity index (χ0v) is 11.4. The van der Waals surface area contributed by atoms with Crippen molar-refractivity contribution in [3.63, 3.8) is 0 Å². The number of hydrogen-bond donors (Lipinski definition) is 0. The van der Waals surface area contributed by atoms with Crippen LogP contribution in [0.15, 0.2) is 0 Å². The molecule has 1 fully saturated rings. The number of rotatable bonds is 2. The molecule has 5 nitrogen and oxygen atoms in total. The number of imidazole rings is 1. The topological polar surface area (TPSA) is 52.8 Å². The summed E-state index contributed by atoms with van der Waals surface area (Å²) in [4.78, 5) is 12.5. The van der Waals surface area contributed by atoms with E-state index in [1.54, 1.807) is 0 Å². The smallest absolute Gasteiger partial charge is 0.225 e. The number of hydrogen-bond acceptors (Lipinski definition) is 4. The van der Waals surface area contributed by atoms with Gasteiger partial charge in [-0.05, 0) is 31.4 Å². The average molecular weight is 287 g/mol. The third-order valence-corrected chi connectivity index (χ3v) is 3.56. The van der Waals surface area contributed by atoms with Gasteiger partial charge in [0.25, 0.3) is 0 Å². The summed E-state index contributed by atoms with van der Waals surface area (Å²) in [5, 5.41) is 0.431. The fourth-order valence-electron chi connectivity index (χ4n) is 2.26. The first kappa shape index (κ1) is 12.1. The minimum Gasteiger partial charge on any atom is -0.376 e. The van der Waals surface area contributed by atoms with Gasteiger partial charge in [-0.2, -0.15) is 4.98 Å². The van der Waals surface area contributed by atoms with E-state index in [2.05, 4.69) is 15.0 Å². The van der Waals surface area contributed by atoms with Gasteiger partial charge in [0.2, 0.25) is 5.28 Å². The molecule has 3 rings (SSSR count). The van der Waals surface area contributed by atoms with E-state index in [1.165, 1.54) is 0 Å². The highest BCUT2D eigenvalue weighted by Crippen LogP contribution is 2.24. The van der Waals surface area contributed by atoms with Crippen molar-refractivity contribution in [2.45, 2.75) is 32.4 Å². The highest BCUT2D eigenvalue weighted by atomic mass is 35.5. The molecule has 7 heteroatoms. The van der Waals surface area contributed by atoms with Crippen LogP contribution in [0.4, 0.5) is 0 Å². The lowest BCUT2D eigenvalue weighted by atomic mass is 10.2. The number of aromatic nitrogens is 4. The van der Waals surface area contributed by atoms with Crippen LogP contribution < -0.4 is 0 Å². The van der Waals surface area contributed by atoms with Gasteiger partial charge in [-0.15, -0.1) is 0 Å². The van der Waals surface area contributed by atoms with Crippen molar-refractivity contribution in [3.8, 4) is 0 Å². The van der Waals surface area contributed by atoms with Crippen molar-refractivity contribution in [3.05, 3.63) is 16.3 Å². The number of fused-ring (bicyclic) bond motifs is 1. The van der Waals surface area contributed by atoms with Crippen molar-refractivity contribution < 1.29 is 4.74 Å². The predicted octanol–water partition coefficient (Wildman–Crippen LogP) is 2.62. The maximum atomic E-state index is 6.02. The summed E-state index contributed by atoms with van der Waals surface area (Å²) in [7, 11) is 0. The van der Waals surface area contributed by atoms with Crippen LogP contribution in [0.5, 0.6) is 0 Å². The summed E-state index contributed by atoms with van der Waals surface area (Å²) >= 11 is 11.9. The van der Waals surface area contributed by atoms with Crippen molar-refractivity contribution in [1.82, 2.24) is 19.5 Å². The first-order valence-electron chi connectivity index (χ1n) is 5.82. The lowest BCUT2D eigenvalue weighted by molar-refractivity contribution is 0.0973. The zero-order valence-electron chi connectivity index (χ0n) is 9.86. The Kier molecular flexibility index (Phi) is 3.13. The molecular weight excluding hydrogens is 275 g/mol. The summed E-state index contributed by atoms with van der Waals surface area (Å²) in [5.41, 5.74) is 1.27. The molecule has 0 spiro atoms. The van der Waals surface area contributed by atoms with E-state index < -0.39 is 0 Å². The van der Waals surface area contributed by atoms with E-state index in [9.17, 15) is 0 Å². The molecule has 0 N–H and O–H groups in total. The molecule has 0 aromatic carbocycles. The molecule has 1 saturated heterocycles. The number of aryl methyl sites for hydroxylation is 1. The Hall–Kier alpha value is -0.910. The maximum Gasteiger partial charge on any atom is 0.225 e. The molecule has 0 unspecified atom stereocenters. The Morgan fingerprint density at radius 2 is 2.17 bits per heavy atom. The minimum atomic E-state index is 0.140. The van der Waals surface area contributed by atoms with E-state index in [-0.39, 0.29) is 11.4 Å². The van der Waals surface area contributed by atoms with E-state index in [0.717, 1.165) is 31.8 Å². The first-order chi connectivity index (χ1) is 8.65. The Balaban J connectivity index is 2.06. The normalized spacial score (nSPS) is 19.8. The molecule has 96 valence electrons. The highest BCUT2D eigenvalue weighted by molar-refractivity contribution is 6.35. The molecule has 0 radical (unpaired) electrons. The molecule has 1 aliphatic rings. The van der Waals surface area contributed by atoms with Gasteiger partial charge in [0.05, 0.1) is 12.6 Å². The zero-order chi connectivity index (χ0) is 12.7. The second-order valence-corrected chi connectivity index (χ2v) is 5.06. The van der Waals surface area contributed by atoms with Crippen LogP contribution >= 0.6 is 23.2 Å². The van der Waals surface area contributed by atoms with Gasteiger partial charge in [-0.1, -0.05) is 11.6 Å². The number of ether oxygens (including phenoxy) is 1. The largest absolute Gasteiger partial charge is 0.376 e. The van der Waals surface area contributed by atoms with Crippen molar-refractivity contribution >= 4 is 34.4 Å².